The van der Waals surface area contributed by atoms with Crippen molar-refractivity contribution in [3.05, 3.63) is 54.6 Å². The Morgan fingerprint density at radius 3 is 2.00 bits per heavy atom. The molecule has 0 radical (unpaired) electrons. The number of nitrogens with one attached hydrogen (secondary N) is 1. The predicted molar refractivity (Wildman–Crippen MR) is 96.4 cm³/mol. The third kappa shape index (κ3) is 5.20. The molecule has 0 spiro atoms. The van der Waals surface area contributed by atoms with E-state index < -0.39 is 9.84 Å². The van der Waals surface area contributed by atoms with Crippen LogP contribution in [0, 0.1) is 0 Å². The minimum absolute atomic E-state index is 0.0416. The van der Waals surface area contributed by atoms with E-state index in [1.807, 2.05) is 51.1 Å². The van der Waals surface area contributed by atoms with E-state index in [1.165, 1.54) is 0 Å². The number of carbonyl (C=O) groups excluding carboxylic acids is 1. The molecule has 1 N–H and O–H groups in total. The van der Waals surface area contributed by atoms with Gasteiger partial charge in [0.2, 0.25) is 5.91 Å². The summed E-state index contributed by atoms with van der Waals surface area (Å²) in [5.74, 6) is -0.452. The van der Waals surface area contributed by atoms with Crippen molar-refractivity contribution in [1.82, 2.24) is 5.32 Å². The Bertz CT molecular complexity index is 789. The van der Waals surface area contributed by atoms with Gasteiger partial charge in [-0.15, -0.1) is 0 Å². The summed E-state index contributed by atoms with van der Waals surface area (Å²) in [6.45, 7) is 5.59. The third-order valence-electron chi connectivity index (χ3n) is 3.43. The summed E-state index contributed by atoms with van der Waals surface area (Å²) >= 11 is 0. The van der Waals surface area contributed by atoms with Gasteiger partial charge in [-0.25, -0.2) is 8.42 Å². The topological polar surface area (TPSA) is 63.2 Å². The fraction of sp³-hybridized carbons (Fsp3) is 0.316. The van der Waals surface area contributed by atoms with Gasteiger partial charge < -0.3 is 5.32 Å². The molecule has 0 atom stereocenters. The fourth-order valence-electron chi connectivity index (χ4n) is 2.31. The molecule has 0 fully saturated rings. The molecule has 5 heteroatoms. The van der Waals surface area contributed by atoms with Crippen LogP contribution in [-0.4, -0.2) is 25.6 Å². The molecule has 4 nitrogen and oxygen atoms in total. The minimum atomic E-state index is -3.47. The average molecular weight is 345 g/mol. The summed E-state index contributed by atoms with van der Waals surface area (Å²) in [4.78, 5) is 12.0. The van der Waals surface area contributed by atoms with E-state index in [2.05, 4.69) is 5.32 Å². The van der Waals surface area contributed by atoms with E-state index in [-0.39, 0.29) is 28.5 Å². The van der Waals surface area contributed by atoms with Gasteiger partial charge in [-0.05, 0) is 44.0 Å². The highest BCUT2D eigenvalue weighted by molar-refractivity contribution is 7.91. The molecule has 2 aromatic rings. The lowest BCUT2D eigenvalue weighted by Crippen LogP contribution is -2.41. The Kier molecular flexibility index (Phi) is 5.44. The molecule has 1 amide bonds. The van der Waals surface area contributed by atoms with Crippen LogP contribution < -0.4 is 5.32 Å². The molecule has 0 aliphatic rings. The summed E-state index contributed by atoms with van der Waals surface area (Å²) in [5.41, 5.74) is 1.63. The van der Waals surface area contributed by atoms with Crippen molar-refractivity contribution in [3.8, 4) is 11.1 Å². The number of hydrogen-bond donors (Lipinski definition) is 1. The van der Waals surface area contributed by atoms with Gasteiger partial charge in [0.25, 0.3) is 0 Å². The molecule has 0 aliphatic carbocycles. The molecule has 0 heterocycles. The number of benzene rings is 2. The normalized spacial score (nSPS) is 12.0. The van der Waals surface area contributed by atoms with Crippen molar-refractivity contribution < 1.29 is 13.2 Å². The van der Waals surface area contributed by atoms with E-state index in [0.717, 1.165) is 11.1 Å². The number of carbonyl (C=O) groups is 1. The minimum Gasteiger partial charge on any atom is -0.351 e. The van der Waals surface area contributed by atoms with Crippen LogP contribution in [0.1, 0.15) is 27.2 Å². The lowest BCUT2D eigenvalue weighted by molar-refractivity contribution is -0.122. The van der Waals surface area contributed by atoms with Gasteiger partial charge in [0, 0.05) is 12.0 Å². The molecule has 2 aromatic carbocycles. The summed E-state index contributed by atoms with van der Waals surface area (Å²) in [6.07, 6.45) is -0.0416. The van der Waals surface area contributed by atoms with Gasteiger partial charge in [0.05, 0.1) is 10.6 Å². The van der Waals surface area contributed by atoms with E-state index >= 15 is 0 Å². The van der Waals surface area contributed by atoms with E-state index in [1.54, 1.807) is 24.3 Å². The van der Waals surface area contributed by atoms with Gasteiger partial charge in [0.1, 0.15) is 0 Å². The number of hydrogen-bond acceptors (Lipinski definition) is 3. The maximum absolute atomic E-state index is 12.4. The molecule has 2 rings (SSSR count). The monoisotopic (exact) mass is 345 g/mol. The quantitative estimate of drug-likeness (QED) is 0.903. The van der Waals surface area contributed by atoms with E-state index in [0.29, 0.717) is 0 Å². The predicted octanol–water partition coefficient (Wildman–Crippen LogP) is 3.43. The van der Waals surface area contributed by atoms with Gasteiger partial charge in [-0.1, -0.05) is 42.5 Å². The molecule has 0 aliphatic heterocycles. The molecular weight excluding hydrogens is 322 g/mol. The van der Waals surface area contributed by atoms with Crippen molar-refractivity contribution >= 4 is 15.7 Å². The van der Waals surface area contributed by atoms with Crippen molar-refractivity contribution in [2.75, 3.05) is 5.75 Å². The lowest BCUT2D eigenvalue weighted by Gasteiger charge is -2.20. The second-order valence-corrected chi connectivity index (χ2v) is 8.87. The van der Waals surface area contributed by atoms with Crippen molar-refractivity contribution in [3.63, 3.8) is 0 Å². The maximum atomic E-state index is 12.4. The highest BCUT2D eigenvalue weighted by Gasteiger charge is 2.19. The lowest BCUT2D eigenvalue weighted by atomic mass is 10.1. The molecule has 0 aromatic heterocycles. The number of sulfone groups is 1. The summed E-state index contributed by atoms with van der Waals surface area (Å²) in [7, 11) is -3.47. The first kappa shape index (κ1) is 18.2. The Hall–Kier alpha value is -2.14. The third-order valence-corrected chi connectivity index (χ3v) is 5.16. The van der Waals surface area contributed by atoms with Crippen LogP contribution in [0.15, 0.2) is 59.5 Å². The first-order chi connectivity index (χ1) is 11.2. The molecule has 0 bridgehead atoms. The Balaban J connectivity index is 2.06. The molecule has 0 saturated carbocycles. The molecule has 0 unspecified atom stereocenters. The van der Waals surface area contributed by atoms with Gasteiger partial charge in [-0.2, -0.15) is 0 Å². The van der Waals surface area contributed by atoms with Crippen LogP contribution in [0.2, 0.25) is 0 Å². The largest absolute Gasteiger partial charge is 0.351 e. The summed E-state index contributed by atoms with van der Waals surface area (Å²) in [5, 5.41) is 2.77. The molecule has 128 valence electrons. The fourth-order valence-corrected chi connectivity index (χ4v) is 3.55. The second-order valence-electron chi connectivity index (χ2n) is 6.76. The van der Waals surface area contributed by atoms with Crippen molar-refractivity contribution in [2.24, 2.45) is 0 Å². The van der Waals surface area contributed by atoms with Crippen LogP contribution in [0.3, 0.4) is 0 Å². The zero-order valence-corrected chi connectivity index (χ0v) is 15.1. The Morgan fingerprint density at radius 1 is 0.917 bits per heavy atom. The number of rotatable bonds is 5. The average Bonchev–Trinajstić information content (AvgIpc) is 2.52. The first-order valence-corrected chi connectivity index (χ1v) is 9.52. The standard InChI is InChI=1S/C19H23NO3S/c1-19(2,3)20-18(21)13-14-24(22,23)17-11-9-16(10-12-17)15-7-5-4-6-8-15/h4-12H,13-14H2,1-3H3,(H,20,21). The van der Waals surface area contributed by atoms with Gasteiger partial charge >= 0.3 is 0 Å². The molecular formula is C19H23NO3S. The highest BCUT2D eigenvalue weighted by Crippen LogP contribution is 2.21. The van der Waals surface area contributed by atoms with E-state index in [9.17, 15) is 13.2 Å². The van der Waals surface area contributed by atoms with Crippen molar-refractivity contribution in [1.29, 1.82) is 0 Å². The smallest absolute Gasteiger partial charge is 0.221 e. The first-order valence-electron chi connectivity index (χ1n) is 7.87. The van der Waals surface area contributed by atoms with Crippen LogP contribution in [-0.2, 0) is 14.6 Å². The van der Waals surface area contributed by atoms with Crippen LogP contribution in [0.4, 0.5) is 0 Å². The zero-order valence-electron chi connectivity index (χ0n) is 14.2. The van der Waals surface area contributed by atoms with E-state index in [4.69, 9.17) is 0 Å². The second kappa shape index (κ2) is 7.18. The summed E-state index contributed by atoms with van der Waals surface area (Å²) < 4.78 is 24.7. The Morgan fingerprint density at radius 2 is 1.46 bits per heavy atom. The molecule has 0 saturated heterocycles. The van der Waals surface area contributed by atoms with Gasteiger partial charge in [-0.3, -0.25) is 4.79 Å². The maximum Gasteiger partial charge on any atom is 0.221 e. The zero-order chi connectivity index (χ0) is 17.8. The van der Waals surface area contributed by atoms with Crippen LogP contribution in [0.25, 0.3) is 11.1 Å². The van der Waals surface area contributed by atoms with Gasteiger partial charge in [0.15, 0.2) is 9.84 Å². The summed E-state index contributed by atoms with van der Waals surface area (Å²) in [6, 6.07) is 16.5. The highest BCUT2D eigenvalue weighted by atomic mass is 32.2. The number of amides is 1. The van der Waals surface area contributed by atoms with Crippen molar-refractivity contribution in [2.45, 2.75) is 37.6 Å². The Labute approximate surface area is 143 Å². The van der Waals surface area contributed by atoms with Crippen LogP contribution >= 0.6 is 0 Å². The van der Waals surface area contributed by atoms with Crippen LogP contribution in [0.5, 0.6) is 0 Å². The molecule has 24 heavy (non-hydrogen) atoms. The SMILES string of the molecule is CC(C)(C)NC(=O)CCS(=O)(=O)c1ccc(-c2ccccc2)cc1.